The normalized spacial score (nSPS) is 31.1. The third kappa shape index (κ3) is 6.34. The summed E-state index contributed by atoms with van der Waals surface area (Å²) in [6, 6.07) is 4.44. The average Bonchev–Trinajstić information content (AvgIpc) is 3.35. The van der Waals surface area contributed by atoms with E-state index in [-0.39, 0.29) is 47.5 Å². The van der Waals surface area contributed by atoms with Crippen molar-refractivity contribution in [1.82, 2.24) is 0 Å². The largest absolute Gasteiger partial charge is 0.871 e. The minimum absolute atomic E-state index is 0.00104. The van der Waals surface area contributed by atoms with Crippen molar-refractivity contribution in [2.75, 3.05) is 6.61 Å². The van der Waals surface area contributed by atoms with Crippen LogP contribution in [0.25, 0.3) is 5.57 Å². The van der Waals surface area contributed by atoms with Crippen LogP contribution in [0.15, 0.2) is 65.2 Å². The molecule has 5 N–H and O–H groups in total. The molecule has 0 saturated carbocycles. The van der Waals surface area contributed by atoms with Crippen molar-refractivity contribution in [1.29, 1.82) is 0 Å². The number of amides is 1. The summed E-state index contributed by atoms with van der Waals surface area (Å²) < 4.78 is 5.26. The number of hydrogen-bond donors (Lipinski definition) is 5. The topological polar surface area (TPSA) is 178 Å². The number of Topliss-reactive ketones (excluding diaryl/α,β-unsaturated/α-hetero) is 1. The molecule has 226 valence electrons. The highest BCUT2D eigenvalue weighted by molar-refractivity contribution is 5.99. The molecule has 0 radical (unpaired) electrons. The van der Waals surface area contributed by atoms with Gasteiger partial charge in [0.25, 0.3) is 0 Å². The first kappa shape index (κ1) is 31.2. The lowest BCUT2D eigenvalue weighted by molar-refractivity contribution is -1.03. The molecule has 3 heterocycles. The molecule has 2 fully saturated rings. The number of esters is 1. The van der Waals surface area contributed by atoms with Crippen LogP contribution in [-0.2, 0) is 24.0 Å². The second-order valence-electron chi connectivity index (χ2n) is 11.0. The second kappa shape index (κ2) is 13.0. The van der Waals surface area contributed by atoms with E-state index in [0.29, 0.717) is 17.6 Å². The van der Waals surface area contributed by atoms with Gasteiger partial charge in [-0.25, -0.2) is 4.79 Å². The van der Waals surface area contributed by atoms with Crippen molar-refractivity contribution < 1.29 is 54.6 Å². The number of aliphatic hydroxyl groups excluding tert-OH is 3. The van der Waals surface area contributed by atoms with E-state index < -0.39 is 65.7 Å². The number of benzene rings is 1. The number of ether oxygens (including phenoxy) is 1. The molecule has 0 aromatic heterocycles. The monoisotopic (exact) mass is 583 g/mol. The summed E-state index contributed by atoms with van der Waals surface area (Å²) in [4.78, 5) is 45.7. The number of quaternary nitrogens is 1. The van der Waals surface area contributed by atoms with Gasteiger partial charge in [0.05, 0.1) is 18.6 Å². The van der Waals surface area contributed by atoms with Gasteiger partial charge in [0.1, 0.15) is 28.8 Å². The van der Waals surface area contributed by atoms with E-state index in [1.807, 2.05) is 6.92 Å². The van der Waals surface area contributed by atoms with E-state index in [4.69, 9.17) is 9.57 Å². The molecular formula is C31H37NO10. The Balaban J connectivity index is 1.86. The Morgan fingerprint density at radius 2 is 1.88 bits per heavy atom. The minimum atomic E-state index is -1.51. The predicted octanol–water partition coefficient (Wildman–Crippen LogP) is 0.566. The standard InChI is InChI=1S/C31H37NO10/c1-4-18(15-33)13-16(2)5-11-22(36)27-29(39)25(19-7-9-20(34)10-8-19)28-26-21(35)12-6-17(3)41-24(38)14-23(37)30(26)42-32(28)31(27)40/h5,7-11,13,17-18,23,26,28,30,33-34,36-37,39H,4,6,12,14-15H2,1-3H3. The molecule has 11 heteroatoms. The number of cyclic esters (lactones) is 1. The molecule has 7 unspecified atom stereocenters. The first-order valence-electron chi connectivity index (χ1n) is 14.1. The Morgan fingerprint density at radius 1 is 1.19 bits per heavy atom. The van der Waals surface area contributed by atoms with Crippen molar-refractivity contribution in [2.24, 2.45) is 11.8 Å². The Kier molecular flexibility index (Phi) is 9.67. The number of rotatable bonds is 6. The Labute approximate surface area is 243 Å². The lowest BCUT2D eigenvalue weighted by Crippen LogP contribution is -3.17. The van der Waals surface area contributed by atoms with Gasteiger partial charge in [-0.15, -0.1) is 5.06 Å². The number of fused-ring (bicyclic) bond motifs is 3. The Bertz CT molecular complexity index is 1340. The Morgan fingerprint density at radius 3 is 2.52 bits per heavy atom. The van der Waals surface area contributed by atoms with Gasteiger partial charge >= 0.3 is 11.9 Å². The zero-order valence-corrected chi connectivity index (χ0v) is 23.8. The van der Waals surface area contributed by atoms with E-state index >= 15 is 0 Å². The molecule has 0 spiro atoms. The lowest BCUT2D eigenvalue weighted by Gasteiger charge is -2.33. The molecule has 1 aromatic rings. The van der Waals surface area contributed by atoms with Gasteiger partial charge < -0.3 is 30.3 Å². The molecule has 0 aliphatic carbocycles. The maximum atomic E-state index is 14.0. The number of carbonyl (C=O) groups is 3. The van der Waals surface area contributed by atoms with Gasteiger partial charge in [-0.05, 0) is 50.5 Å². The number of hydrogen-bond acceptors (Lipinski definition) is 10. The first-order chi connectivity index (χ1) is 20.0. The summed E-state index contributed by atoms with van der Waals surface area (Å²) in [5.41, 5.74) is 0.410. The van der Waals surface area contributed by atoms with Crippen LogP contribution in [0, 0.1) is 11.8 Å². The van der Waals surface area contributed by atoms with Crippen LogP contribution in [0.3, 0.4) is 0 Å². The number of aliphatic hydroxyl groups is 3. The van der Waals surface area contributed by atoms with Crippen LogP contribution >= 0.6 is 0 Å². The molecule has 42 heavy (non-hydrogen) atoms. The van der Waals surface area contributed by atoms with Crippen LogP contribution in [0.4, 0.5) is 0 Å². The van der Waals surface area contributed by atoms with Crippen LogP contribution in [0.1, 0.15) is 52.0 Å². The molecule has 3 aliphatic rings. The van der Waals surface area contributed by atoms with E-state index in [0.717, 1.165) is 0 Å². The number of phenolic OH excluding ortho intramolecular Hbond substituents is 1. The van der Waals surface area contributed by atoms with Gasteiger partial charge in [0.2, 0.25) is 0 Å². The van der Waals surface area contributed by atoms with Crippen LogP contribution in [0.2, 0.25) is 0 Å². The highest BCUT2D eigenvalue weighted by atomic mass is 16.7. The molecule has 3 aliphatic heterocycles. The summed E-state index contributed by atoms with van der Waals surface area (Å²) in [6.45, 7) is 5.24. The smallest absolute Gasteiger partial charge is 0.380 e. The molecular weight excluding hydrogens is 546 g/mol. The van der Waals surface area contributed by atoms with Crippen molar-refractivity contribution >= 4 is 23.2 Å². The summed E-state index contributed by atoms with van der Waals surface area (Å²) in [7, 11) is 0. The number of hydroxylamine groups is 2. The number of carbonyl (C=O) groups excluding carboxylic acids is 3. The number of allylic oxidation sites excluding steroid dienone is 3. The highest BCUT2D eigenvalue weighted by Crippen LogP contribution is 2.38. The van der Waals surface area contributed by atoms with Crippen molar-refractivity contribution in [3.63, 3.8) is 0 Å². The SMILES string of the molecule is CCC(C=C(C)C=CC(O)=C1C(=O)[NH+]2OC3C(O)CC(=O)OC(C)CCC(=O)C3C2C(c2ccc(O)cc2)=C1[O-])CO. The fraction of sp³-hybridized carbons (Fsp3) is 0.452. The number of nitrogens with one attached hydrogen (secondary N) is 1. The van der Waals surface area contributed by atoms with Crippen LogP contribution in [-0.4, -0.2) is 69.0 Å². The third-order valence-electron chi connectivity index (χ3n) is 7.94. The second-order valence-corrected chi connectivity index (χ2v) is 11.0. The fourth-order valence-corrected chi connectivity index (χ4v) is 5.68. The zero-order chi connectivity index (χ0) is 30.7. The molecule has 1 aromatic carbocycles. The van der Waals surface area contributed by atoms with Crippen LogP contribution in [0.5, 0.6) is 5.75 Å². The van der Waals surface area contributed by atoms with E-state index in [9.17, 15) is 39.9 Å². The number of ketones is 1. The lowest BCUT2D eigenvalue weighted by atomic mass is 9.77. The molecule has 11 nitrogen and oxygen atoms in total. The molecule has 2 saturated heterocycles. The van der Waals surface area contributed by atoms with Gasteiger partial charge in [0, 0.05) is 24.5 Å². The average molecular weight is 584 g/mol. The van der Waals surface area contributed by atoms with Crippen molar-refractivity contribution in [3.8, 4) is 5.75 Å². The van der Waals surface area contributed by atoms with E-state index in [1.165, 1.54) is 36.4 Å². The number of phenols is 1. The summed E-state index contributed by atoms with van der Waals surface area (Å²) in [6.07, 6.45) is 1.50. The maximum absolute atomic E-state index is 14.0. The van der Waals surface area contributed by atoms with Crippen molar-refractivity contribution in [2.45, 2.75) is 70.8 Å². The predicted molar refractivity (Wildman–Crippen MR) is 147 cm³/mol. The number of aromatic hydroxyl groups is 1. The van der Waals surface area contributed by atoms with E-state index in [2.05, 4.69) is 0 Å². The molecule has 1 amide bonds. The quantitative estimate of drug-likeness (QED) is 0.138. The van der Waals surface area contributed by atoms with Gasteiger partial charge in [0.15, 0.2) is 12.1 Å². The summed E-state index contributed by atoms with van der Waals surface area (Å²) in [5.74, 6) is -4.74. The van der Waals surface area contributed by atoms with Crippen LogP contribution < -0.4 is 10.2 Å². The van der Waals surface area contributed by atoms with Gasteiger partial charge in [-0.1, -0.05) is 42.5 Å². The van der Waals surface area contributed by atoms with E-state index in [1.54, 1.807) is 19.9 Å². The fourth-order valence-electron chi connectivity index (χ4n) is 5.68. The summed E-state index contributed by atoms with van der Waals surface area (Å²) in [5, 5.41) is 55.1. The minimum Gasteiger partial charge on any atom is -0.871 e. The highest BCUT2D eigenvalue weighted by Gasteiger charge is 2.60. The molecule has 4 rings (SSSR count). The summed E-state index contributed by atoms with van der Waals surface area (Å²) >= 11 is 0. The van der Waals surface area contributed by atoms with Crippen molar-refractivity contribution in [3.05, 3.63) is 70.7 Å². The van der Waals surface area contributed by atoms with Gasteiger partial charge in [-0.2, -0.15) is 4.84 Å². The third-order valence-corrected chi connectivity index (χ3v) is 7.94. The van der Waals surface area contributed by atoms with Gasteiger partial charge in [-0.3, -0.25) is 9.59 Å². The Hall–Kier alpha value is -3.77. The zero-order valence-electron chi connectivity index (χ0n) is 23.8. The molecule has 0 bridgehead atoms. The maximum Gasteiger partial charge on any atom is 0.380 e. The molecule has 7 atom stereocenters. The first-order valence-corrected chi connectivity index (χ1v) is 14.1.